The van der Waals surface area contributed by atoms with Crippen LogP contribution in [0.15, 0.2) is 41.7 Å². The van der Waals surface area contributed by atoms with Gasteiger partial charge in [-0.1, -0.05) is 18.2 Å². The molecule has 0 aromatic rings. The first-order valence-electron chi connectivity index (χ1n) is 2.92. The Hall–Kier alpha value is 0.103. The smallest absolute Gasteiger partial charge is 0.0206 e. The molecule has 0 saturated heterocycles. The van der Waals surface area contributed by atoms with Gasteiger partial charge in [0.05, 0.1) is 0 Å². The van der Waals surface area contributed by atoms with Crippen molar-refractivity contribution in [3.8, 4) is 0 Å². The van der Waals surface area contributed by atoms with Crippen molar-refractivity contribution in [2.45, 2.75) is 6.92 Å². The predicted molar refractivity (Wildman–Crippen MR) is 39.9 cm³/mol. The zero-order valence-corrected chi connectivity index (χ0v) is 11.2. The second kappa shape index (κ2) is 6.79. The maximum atomic E-state index is 3.81. The van der Waals surface area contributed by atoms with E-state index < -0.39 is 0 Å². The number of hydrogen-bond acceptors (Lipinski definition) is 0. The average molecular weight is 262 g/mol. The molecule has 1 rings (SSSR count). The molecule has 0 atom stereocenters. The van der Waals surface area contributed by atoms with E-state index in [2.05, 4.69) is 12.3 Å². The van der Waals surface area contributed by atoms with Crippen LogP contribution < -0.4 is 17.0 Å². The molecule has 0 nitrogen and oxygen atoms in total. The first kappa shape index (κ1) is 13.7. The molecule has 0 heterocycles. The summed E-state index contributed by atoms with van der Waals surface area (Å²) >= 11 is 0. The fraction of sp³-hybridized carbons (Fsp3) is 0.111. The van der Waals surface area contributed by atoms with Gasteiger partial charge in [-0.15, -0.1) is 5.73 Å². The third-order valence-corrected chi connectivity index (χ3v) is 1.21. The first-order chi connectivity index (χ1) is 4.30. The van der Waals surface area contributed by atoms with Crippen LogP contribution in [-0.2, 0) is 19.5 Å². The molecular formula is C9H9BrZn-. The summed E-state index contributed by atoms with van der Waals surface area (Å²) in [5.74, 6) is 0. The van der Waals surface area contributed by atoms with Gasteiger partial charge in [0.25, 0.3) is 0 Å². The maximum absolute atomic E-state index is 3.81. The van der Waals surface area contributed by atoms with Gasteiger partial charge in [0, 0.05) is 25.9 Å². The van der Waals surface area contributed by atoms with Crippen molar-refractivity contribution in [2.75, 3.05) is 0 Å². The van der Waals surface area contributed by atoms with Gasteiger partial charge in [-0.05, 0) is 24.6 Å². The van der Waals surface area contributed by atoms with Gasteiger partial charge in [0.2, 0.25) is 0 Å². The summed E-state index contributed by atoms with van der Waals surface area (Å²) in [5.41, 5.74) is 5.24. The van der Waals surface area contributed by atoms with Gasteiger partial charge in [0.15, 0.2) is 0 Å². The second-order valence-corrected chi connectivity index (χ2v) is 2.07. The van der Waals surface area contributed by atoms with Crippen LogP contribution in [-0.4, -0.2) is 0 Å². The average Bonchev–Trinajstić information content (AvgIpc) is 1.90. The fourth-order valence-corrected chi connectivity index (χ4v) is 0.671. The molecule has 0 aromatic carbocycles. The molecule has 0 N–H and O–H groups in total. The largest absolute Gasteiger partial charge is 1.00 e. The molecule has 11 heavy (non-hydrogen) atoms. The molecular weight excluding hydrogens is 253 g/mol. The van der Waals surface area contributed by atoms with Crippen LogP contribution in [0.1, 0.15) is 6.92 Å². The van der Waals surface area contributed by atoms with E-state index in [1.54, 1.807) is 0 Å². The van der Waals surface area contributed by atoms with Crippen molar-refractivity contribution in [3.63, 3.8) is 0 Å². The van der Waals surface area contributed by atoms with Crippen molar-refractivity contribution in [2.24, 2.45) is 0 Å². The summed E-state index contributed by atoms with van der Waals surface area (Å²) in [7, 11) is 0. The van der Waals surface area contributed by atoms with Gasteiger partial charge < -0.3 is 17.0 Å². The van der Waals surface area contributed by atoms with Gasteiger partial charge in [-0.25, -0.2) is 0 Å². The van der Waals surface area contributed by atoms with Crippen LogP contribution in [0.5, 0.6) is 0 Å². The molecule has 0 fully saturated rings. The molecule has 1 aliphatic carbocycles. The zero-order valence-electron chi connectivity index (χ0n) is 6.60. The number of allylic oxidation sites excluding steroid dienone is 4. The molecule has 0 aliphatic heterocycles. The third kappa shape index (κ3) is 4.53. The standard InChI is InChI=1S/C9H9.BrH.Zn/c1-8(2)9-6-4-3-5-7-9;;/h4-7H,1H2,2H3;1H;/p-1. The molecule has 0 saturated carbocycles. The molecule has 1 radical (unpaired) electrons. The minimum absolute atomic E-state index is 0. The van der Waals surface area contributed by atoms with Crippen molar-refractivity contribution >= 4 is 0 Å². The van der Waals surface area contributed by atoms with Crippen molar-refractivity contribution < 1.29 is 36.5 Å². The van der Waals surface area contributed by atoms with E-state index in [-0.39, 0.29) is 36.5 Å². The van der Waals surface area contributed by atoms with Crippen molar-refractivity contribution in [1.29, 1.82) is 0 Å². The Labute approximate surface area is 91.3 Å². The van der Waals surface area contributed by atoms with Gasteiger partial charge in [0.1, 0.15) is 0 Å². The number of rotatable bonds is 1. The Balaban J connectivity index is 0. The molecule has 1 aliphatic rings. The van der Waals surface area contributed by atoms with E-state index in [0.717, 1.165) is 5.57 Å². The van der Waals surface area contributed by atoms with Crippen molar-refractivity contribution in [1.82, 2.24) is 0 Å². The second-order valence-electron chi connectivity index (χ2n) is 2.07. The van der Waals surface area contributed by atoms with Crippen LogP contribution in [0.3, 0.4) is 0 Å². The normalized spacial score (nSPS) is 12.6. The Morgan fingerprint density at radius 2 is 2.09 bits per heavy atom. The predicted octanol–water partition coefficient (Wildman–Crippen LogP) is -0.580. The topological polar surface area (TPSA) is 0 Å². The summed E-state index contributed by atoms with van der Waals surface area (Å²) < 4.78 is 0. The van der Waals surface area contributed by atoms with Crippen LogP contribution in [0.25, 0.3) is 0 Å². The number of halogens is 1. The van der Waals surface area contributed by atoms with Crippen LogP contribution in [0, 0.1) is 6.42 Å². The van der Waals surface area contributed by atoms with E-state index in [1.807, 2.05) is 31.6 Å². The van der Waals surface area contributed by atoms with Gasteiger partial charge >= 0.3 is 0 Å². The number of hydrogen-bond donors (Lipinski definition) is 0. The van der Waals surface area contributed by atoms with E-state index in [1.165, 1.54) is 5.57 Å². The molecule has 0 amide bonds. The fourth-order valence-electron chi connectivity index (χ4n) is 0.671. The summed E-state index contributed by atoms with van der Waals surface area (Å²) in [4.78, 5) is 0. The summed E-state index contributed by atoms with van der Waals surface area (Å²) in [6.45, 7) is 5.81. The van der Waals surface area contributed by atoms with Crippen LogP contribution in [0.4, 0.5) is 0 Å². The van der Waals surface area contributed by atoms with Gasteiger partial charge in [-0.2, -0.15) is 0 Å². The quantitative estimate of drug-likeness (QED) is 0.438. The Kier molecular flexibility index (Phi) is 8.44. The molecule has 0 unspecified atom stereocenters. The molecule has 2 heteroatoms. The minimum Gasteiger partial charge on any atom is -1.00 e. The summed E-state index contributed by atoms with van der Waals surface area (Å²) in [6, 6.07) is 0. The molecule has 0 bridgehead atoms. The Bertz CT molecular complexity index is 220. The van der Waals surface area contributed by atoms with Crippen LogP contribution >= 0.6 is 0 Å². The Morgan fingerprint density at radius 3 is 2.36 bits per heavy atom. The monoisotopic (exact) mass is 260 g/mol. The maximum Gasteiger partial charge on any atom is 0.0206 e. The van der Waals surface area contributed by atoms with E-state index in [9.17, 15) is 0 Å². The van der Waals surface area contributed by atoms with E-state index in [4.69, 9.17) is 0 Å². The zero-order chi connectivity index (χ0) is 6.69. The summed E-state index contributed by atoms with van der Waals surface area (Å²) in [6.07, 6.45) is 7.79. The molecule has 55 valence electrons. The van der Waals surface area contributed by atoms with E-state index in [0.29, 0.717) is 0 Å². The molecule has 0 aromatic heterocycles. The Morgan fingerprint density at radius 1 is 1.45 bits per heavy atom. The van der Waals surface area contributed by atoms with Crippen LogP contribution in [0.2, 0.25) is 0 Å². The SMILES string of the molecule is C=C(C)C1=CC=C=C[CH]1.[Br-].[Zn]. The van der Waals surface area contributed by atoms with E-state index >= 15 is 0 Å². The first-order valence-corrected chi connectivity index (χ1v) is 2.92. The van der Waals surface area contributed by atoms with Crippen molar-refractivity contribution in [3.05, 3.63) is 48.1 Å². The summed E-state index contributed by atoms with van der Waals surface area (Å²) in [5, 5.41) is 0. The minimum atomic E-state index is 0. The molecule has 0 spiro atoms. The van der Waals surface area contributed by atoms with Gasteiger partial charge in [-0.3, -0.25) is 0 Å². The third-order valence-electron chi connectivity index (χ3n) is 1.21.